The van der Waals surface area contributed by atoms with E-state index in [1.165, 1.54) is 4.88 Å². The number of hydrogen-bond donors (Lipinski definition) is 0. The number of hydrogen-bond acceptors (Lipinski definition) is 4. The van der Waals surface area contributed by atoms with Crippen molar-refractivity contribution in [1.29, 1.82) is 0 Å². The van der Waals surface area contributed by atoms with Gasteiger partial charge in [0.1, 0.15) is 0 Å². The van der Waals surface area contributed by atoms with Crippen LogP contribution in [0.2, 0.25) is 0 Å². The van der Waals surface area contributed by atoms with E-state index < -0.39 is 0 Å². The summed E-state index contributed by atoms with van der Waals surface area (Å²) in [4.78, 5) is 23.3. The number of rotatable bonds is 4. The van der Waals surface area contributed by atoms with Crippen molar-refractivity contribution in [3.05, 3.63) is 52.0 Å². The van der Waals surface area contributed by atoms with Crippen LogP contribution in [0.4, 0.5) is 0 Å². The third-order valence-electron chi connectivity index (χ3n) is 5.69. The van der Waals surface area contributed by atoms with Crippen LogP contribution in [0, 0.1) is 6.92 Å². The number of thiophene rings is 1. The van der Waals surface area contributed by atoms with Crippen molar-refractivity contribution in [2.75, 3.05) is 13.1 Å². The second-order valence-corrected chi connectivity index (χ2v) is 8.36. The van der Waals surface area contributed by atoms with E-state index in [1.54, 1.807) is 0 Å². The van der Waals surface area contributed by atoms with Crippen molar-refractivity contribution in [1.82, 2.24) is 14.8 Å². The van der Waals surface area contributed by atoms with E-state index in [-0.39, 0.29) is 5.54 Å². The van der Waals surface area contributed by atoms with Gasteiger partial charge in [0.25, 0.3) is 0 Å². The molecule has 1 spiro atoms. The monoisotopic (exact) mass is 355 g/mol. The Morgan fingerprint density at radius 3 is 2.68 bits per heavy atom. The molecule has 0 radical (unpaired) electrons. The van der Waals surface area contributed by atoms with Crippen LogP contribution in [-0.2, 0) is 17.9 Å². The van der Waals surface area contributed by atoms with Crippen molar-refractivity contribution in [2.45, 2.75) is 51.2 Å². The van der Waals surface area contributed by atoms with E-state index in [9.17, 15) is 4.79 Å². The zero-order valence-corrected chi connectivity index (χ0v) is 15.6. The van der Waals surface area contributed by atoms with Crippen molar-refractivity contribution >= 4 is 17.2 Å². The Labute approximate surface area is 153 Å². The lowest BCUT2D eigenvalue weighted by molar-refractivity contribution is -0.133. The molecule has 0 bridgehead atoms. The molecule has 132 valence electrons. The Kier molecular flexibility index (Phi) is 4.61. The molecule has 2 aliphatic heterocycles. The standard InChI is InChI=1S/C20H25N3OS/c1-16-4-2-5-17(21-16)14-23-19(24)7-8-20(23)9-11-22(12-10-20)15-18-6-3-13-25-18/h2-6,13H,7-12,14-15H2,1H3. The van der Waals surface area contributed by atoms with E-state index in [1.807, 2.05) is 36.5 Å². The summed E-state index contributed by atoms with van der Waals surface area (Å²) in [7, 11) is 0. The number of aryl methyl sites for hydroxylation is 1. The van der Waals surface area contributed by atoms with Crippen LogP contribution in [0.1, 0.15) is 41.9 Å². The summed E-state index contributed by atoms with van der Waals surface area (Å²) in [5, 5.41) is 2.15. The summed E-state index contributed by atoms with van der Waals surface area (Å²) in [6.07, 6.45) is 3.85. The molecule has 0 aromatic carbocycles. The predicted molar refractivity (Wildman–Crippen MR) is 100 cm³/mol. The van der Waals surface area contributed by atoms with Crippen LogP contribution in [0.3, 0.4) is 0 Å². The summed E-state index contributed by atoms with van der Waals surface area (Å²) in [5.41, 5.74) is 2.08. The molecule has 2 saturated heterocycles. The average Bonchev–Trinajstić information content (AvgIpc) is 3.21. The van der Waals surface area contributed by atoms with Crippen LogP contribution in [0.15, 0.2) is 35.7 Å². The predicted octanol–water partition coefficient (Wildman–Crippen LogP) is 3.61. The number of aromatic nitrogens is 1. The second-order valence-electron chi connectivity index (χ2n) is 7.33. The lowest BCUT2D eigenvalue weighted by Gasteiger charge is -2.45. The third kappa shape index (κ3) is 3.48. The van der Waals surface area contributed by atoms with Gasteiger partial charge in [-0.2, -0.15) is 0 Å². The molecule has 0 aliphatic carbocycles. The van der Waals surface area contributed by atoms with Gasteiger partial charge in [-0.25, -0.2) is 0 Å². The molecule has 0 N–H and O–H groups in total. The first-order valence-corrected chi connectivity index (χ1v) is 10.0. The van der Waals surface area contributed by atoms with Crippen LogP contribution < -0.4 is 0 Å². The van der Waals surface area contributed by atoms with Crippen LogP contribution >= 0.6 is 11.3 Å². The fourth-order valence-electron chi connectivity index (χ4n) is 4.25. The first-order valence-electron chi connectivity index (χ1n) is 9.12. The molecule has 1 amide bonds. The highest BCUT2D eigenvalue weighted by molar-refractivity contribution is 7.09. The lowest BCUT2D eigenvalue weighted by Crippen LogP contribution is -2.52. The number of nitrogens with zero attached hydrogens (tertiary/aromatic N) is 3. The molecule has 25 heavy (non-hydrogen) atoms. The molecule has 5 heteroatoms. The zero-order chi connectivity index (χ0) is 17.3. The number of carbonyl (C=O) groups excluding carboxylic acids is 1. The van der Waals surface area contributed by atoms with Crippen molar-refractivity contribution in [2.24, 2.45) is 0 Å². The van der Waals surface area contributed by atoms with E-state index in [0.29, 0.717) is 18.9 Å². The fourth-order valence-corrected chi connectivity index (χ4v) is 5.00. The Bertz CT molecular complexity index is 735. The van der Waals surface area contributed by atoms with E-state index in [0.717, 1.165) is 50.3 Å². The van der Waals surface area contributed by atoms with Crippen molar-refractivity contribution in [3.8, 4) is 0 Å². The summed E-state index contributed by atoms with van der Waals surface area (Å²) in [6.45, 7) is 5.85. The summed E-state index contributed by atoms with van der Waals surface area (Å²) < 4.78 is 0. The van der Waals surface area contributed by atoms with E-state index >= 15 is 0 Å². The second kappa shape index (κ2) is 6.89. The molecule has 0 atom stereocenters. The minimum atomic E-state index is 0.0501. The highest BCUT2D eigenvalue weighted by Crippen LogP contribution is 2.40. The van der Waals surface area contributed by atoms with Crippen LogP contribution in [0.5, 0.6) is 0 Å². The van der Waals surface area contributed by atoms with Crippen LogP contribution in [-0.4, -0.2) is 39.3 Å². The molecule has 4 rings (SSSR count). The van der Waals surface area contributed by atoms with Crippen molar-refractivity contribution < 1.29 is 4.79 Å². The molecule has 2 aliphatic rings. The summed E-state index contributed by atoms with van der Waals surface area (Å²) >= 11 is 1.83. The van der Waals surface area contributed by atoms with Gasteiger partial charge in [-0.1, -0.05) is 12.1 Å². The average molecular weight is 356 g/mol. The minimum Gasteiger partial charge on any atom is -0.331 e. The van der Waals surface area contributed by atoms with Gasteiger partial charge in [0.15, 0.2) is 0 Å². The number of likely N-dealkylation sites (tertiary alicyclic amines) is 2. The van der Waals surface area contributed by atoms with Gasteiger partial charge in [0.2, 0.25) is 5.91 Å². The largest absolute Gasteiger partial charge is 0.331 e. The normalized spacial score (nSPS) is 20.5. The zero-order valence-electron chi connectivity index (χ0n) is 14.8. The fraction of sp³-hybridized carbons (Fsp3) is 0.500. The quantitative estimate of drug-likeness (QED) is 0.841. The Balaban J connectivity index is 1.44. The Hall–Kier alpha value is -1.72. The smallest absolute Gasteiger partial charge is 0.223 e. The summed E-state index contributed by atoms with van der Waals surface area (Å²) in [5.74, 6) is 0.301. The SMILES string of the molecule is Cc1cccc(CN2C(=O)CCC23CCN(Cc2cccs2)CC3)n1. The molecule has 2 aromatic rings. The highest BCUT2D eigenvalue weighted by atomic mass is 32.1. The number of piperidine rings is 1. The maximum absolute atomic E-state index is 12.6. The third-order valence-corrected chi connectivity index (χ3v) is 6.55. The molecule has 2 fully saturated rings. The topological polar surface area (TPSA) is 36.4 Å². The van der Waals surface area contributed by atoms with Gasteiger partial charge in [0, 0.05) is 42.2 Å². The summed E-state index contributed by atoms with van der Waals surface area (Å²) in [6, 6.07) is 10.4. The number of amides is 1. The Morgan fingerprint density at radius 1 is 1.12 bits per heavy atom. The van der Waals surface area contributed by atoms with E-state index in [2.05, 4.69) is 32.3 Å². The number of pyridine rings is 1. The van der Waals surface area contributed by atoms with Gasteiger partial charge in [-0.15, -0.1) is 11.3 Å². The van der Waals surface area contributed by atoms with Gasteiger partial charge < -0.3 is 4.90 Å². The van der Waals surface area contributed by atoms with Gasteiger partial charge in [-0.05, 0) is 49.8 Å². The van der Waals surface area contributed by atoms with Crippen LogP contribution in [0.25, 0.3) is 0 Å². The first-order chi connectivity index (χ1) is 12.1. The van der Waals surface area contributed by atoms with Gasteiger partial charge in [0.05, 0.1) is 12.2 Å². The molecule has 4 nitrogen and oxygen atoms in total. The highest BCUT2D eigenvalue weighted by Gasteiger charge is 2.46. The first kappa shape index (κ1) is 16.7. The molecule has 2 aromatic heterocycles. The molecular formula is C20H25N3OS. The maximum Gasteiger partial charge on any atom is 0.223 e. The maximum atomic E-state index is 12.6. The number of carbonyl (C=O) groups is 1. The van der Waals surface area contributed by atoms with Gasteiger partial charge >= 0.3 is 0 Å². The molecule has 0 unspecified atom stereocenters. The molecule has 0 saturated carbocycles. The minimum absolute atomic E-state index is 0.0501. The molecule has 4 heterocycles. The van der Waals surface area contributed by atoms with Gasteiger partial charge in [-0.3, -0.25) is 14.7 Å². The Morgan fingerprint density at radius 2 is 1.96 bits per heavy atom. The van der Waals surface area contributed by atoms with E-state index in [4.69, 9.17) is 0 Å². The van der Waals surface area contributed by atoms with Crippen molar-refractivity contribution in [3.63, 3.8) is 0 Å². The molecular weight excluding hydrogens is 330 g/mol. The lowest BCUT2D eigenvalue weighted by atomic mass is 9.85.